The van der Waals surface area contributed by atoms with E-state index in [0.717, 1.165) is 11.1 Å². The third-order valence-corrected chi connectivity index (χ3v) is 3.57. The Kier molecular flexibility index (Phi) is 4.70. The van der Waals surface area contributed by atoms with Crippen molar-refractivity contribution < 1.29 is 18.4 Å². The zero-order valence-corrected chi connectivity index (χ0v) is 11.9. The Morgan fingerprint density at radius 1 is 1.23 bits per heavy atom. The largest absolute Gasteiger partial charge is 0.349 e. The molecule has 1 atom stereocenters. The lowest BCUT2D eigenvalue weighted by atomic mass is 9.89. The molecule has 0 saturated carbocycles. The Morgan fingerprint density at radius 2 is 1.91 bits per heavy atom. The van der Waals surface area contributed by atoms with Gasteiger partial charge in [-0.25, -0.2) is 8.78 Å². The van der Waals surface area contributed by atoms with Gasteiger partial charge in [0, 0.05) is 25.6 Å². The van der Waals surface area contributed by atoms with Gasteiger partial charge in [0.2, 0.25) is 0 Å². The number of benzene rings is 1. The first-order valence-electron chi connectivity index (χ1n) is 6.74. The van der Waals surface area contributed by atoms with Crippen LogP contribution in [0.25, 0.3) is 0 Å². The monoisotopic (exact) mass is 306 g/mol. The SMILES string of the molecule is C=C(F)C(=O)NCC1CN(C(=O)C(=C)F)Cc2ccccc21. The van der Waals surface area contributed by atoms with Crippen molar-refractivity contribution in [2.75, 3.05) is 13.1 Å². The summed E-state index contributed by atoms with van der Waals surface area (Å²) in [4.78, 5) is 24.4. The minimum atomic E-state index is -1.07. The molecule has 0 aliphatic carbocycles. The van der Waals surface area contributed by atoms with Crippen LogP contribution >= 0.6 is 0 Å². The second kappa shape index (κ2) is 6.51. The quantitative estimate of drug-likeness (QED) is 0.867. The number of carbonyl (C=O) groups is 2. The van der Waals surface area contributed by atoms with E-state index >= 15 is 0 Å². The van der Waals surface area contributed by atoms with Gasteiger partial charge in [0.25, 0.3) is 11.8 Å². The van der Waals surface area contributed by atoms with Gasteiger partial charge in [-0.2, -0.15) is 0 Å². The molecule has 1 aliphatic rings. The molecule has 4 nitrogen and oxygen atoms in total. The lowest BCUT2D eigenvalue weighted by Crippen LogP contribution is -2.42. The van der Waals surface area contributed by atoms with Crippen LogP contribution in [0.15, 0.2) is 49.1 Å². The Balaban J connectivity index is 2.20. The van der Waals surface area contributed by atoms with Crippen LogP contribution < -0.4 is 5.32 Å². The predicted octanol–water partition coefficient (Wildman–Crippen LogP) is 2.20. The van der Waals surface area contributed by atoms with Crippen LogP contribution in [0.2, 0.25) is 0 Å². The number of carbonyl (C=O) groups excluding carboxylic acids is 2. The molecule has 1 aromatic rings. The van der Waals surface area contributed by atoms with Gasteiger partial charge in [0.15, 0.2) is 11.7 Å². The minimum absolute atomic E-state index is 0.126. The van der Waals surface area contributed by atoms with Crippen LogP contribution in [-0.4, -0.2) is 29.8 Å². The molecule has 1 N–H and O–H groups in total. The molecule has 1 unspecified atom stereocenters. The maximum absolute atomic E-state index is 13.1. The van der Waals surface area contributed by atoms with Gasteiger partial charge < -0.3 is 10.2 Å². The average Bonchev–Trinajstić information content (AvgIpc) is 2.50. The molecule has 22 heavy (non-hydrogen) atoms. The van der Waals surface area contributed by atoms with Gasteiger partial charge in [-0.15, -0.1) is 0 Å². The van der Waals surface area contributed by atoms with Gasteiger partial charge >= 0.3 is 0 Å². The molecular weight excluding hydrogens is 290 g/mol. The van der Waals surface area contributed by atoms with Crippen molar-refractivity contribution in [2.24, 2.45) is 0 Å². The normalized spacial score (nSPS) is 16.6. The van der Waals surface area contributed by atoms with E-state index in [1.54, 1.807) is 0 Å². The van der Waals surface area contributed by atoms with E-state index in [0.29, 0.717) is 0 Å². The molecule has 0 saturated heterocycles. The number of hydrogen-bond acceptors (Lipinski definition) is 2. The number of fused-ring (bicyclic) bond motifs is 1. The summed E-state index contributed by atoms with van der Waals surface area (Å²) >= 11 is 0. The highest BCUT2D eigenvalue weighted by atomic mass is 19.1. The molecule has 0 aromatic heterocycles. The van der Waals surface area contributed by atoms with Gasteiger partial charge in [-0.3, -0.25) is 9.59 Å². The van der Waals surface area contributed by atoms with E-state index in [2.05, 4.69) is 18.5 Å². The van der Waals surface area contributed by atoms with Gasteiger partial charge in [0.05, 0.1) is 0 Å². The van der Waals surface area contributed by atoms with Crippen molar-refractivity contribution in [1.29, 1.82) is 0 Å². The maximum Gasteiger partial charge on any atom is 0.282 e. The molecule has 6 heteroatoms. The number of halogens is 2. The number of hydrogen-bond donors (Lipinski definition) is 1. The highest BCUT2D eigenvalue weighted by Gasteiger charge is 2.29. The second-order valence-corrected chi connectivity index (χ2v) is 5.10. The zero-order valence-electron chi connectivity index (χ0n) is 11.9. The molecular formula is C16H16F2N2O2. The fourth-order valence-corrected chi connectivity index (χ4v) is 2.52. The fourth-order valence-electron chi connectivity index (χ4n) is 2.52. The molecule has 0 spiro atoms. The lowest BCUT2D eigenvalue weighted by Gasteiger charge is -2.34. The Morgan fingerprint density at radius 3 is 2.55 bits per heavy atom. The van der Waals surface area contributed by atoms with Crippen molar-refractivity contribution >= 4 is 11.8 Å². The van der Waals surface area contributed by atoms with Crippen LogP contribution in [0.3, 0.4) is 0 Å². The molecule has 0 fully saturated rings. The predicted molar refractivity (Wildman–Crippen MR) is 78.1 cm³/mol. The first-order valence-corrected chi connectivity index (χ1v) is 6.74. The van der Waals surface area contributed by atoms with Crippen molar-refractivity contribution in [3.05, 3.63) is 60.2 Å². The fraction of sp³-hybridized carbons (Fsp3) is 0.250. The summed E-state index contributed by atoms with van der Waals surface area (Å²) in [6.07, 6.45) is 0. The number of amides is 2. The molecule has 1 aromatic carbocycles. The van der Waals surface area contributed by atoms with Crippen molar-refractivity contribution in [3.8, 4) is 0 Å². The van der Waals surface area contributed by atoms with Crippen molar-refractivity contribution in [3.63, 3.8) is 0 Å². The third-order valence-electron chi connectivity index (χ3n) is 3.57. The summed E-state index contributed by atoms with van der Waals surface area (Å²) in [6, 6.07) is 7.37. The van der Waals surface area contributed by atoms with E-state index in [-0.39, 0.29) is 25.6 Å². The lowest BCUT2D eigenvalue weighted by molar-refractivity contribution is -0.129. The Bertz CT molecular complexity index is 643. The van der Waals surface area contributed by atoms with Gasteiger partial charge in [-0.1, -0.05) is 37.4 Å². The van der Waals surface area contributed by atoms with E-state index in [4.69, 9.17) is 0 Å². The summed E-state index contributed by atoms with van der Waals surface area (Å²) in [7, 11) is 0. The van der Waals surface area contributed by atoms with Crippen LogP contribution in [0.1, 0.15) is 17.0 Å². The first kappa shape index (κ1) is 15.9. The Hall–Kier alpha value is -2.50. The average molecular weight is 306 g/mol. The molecule has 0 bridgehead atoms. The number of nitrogens with zero attached hydrogens (tertiary/aromatic N) is 1. The minimum Gasteiger partial charge on any atom is -0.349 e. The van der Waals surface area contributed by atoms with Crippen LogP contribution in [0.4, 0.5) is 8.78 Å². The van der Waals surface area contributed by atoms with Crippen LogP contribution in [-0.2, 0) is 16.1 Å². The van der Waals surface area contributed by atoms with Gasteiger partial charge in [0.1, 0.15) is 0 Å². The number of rotatable bonds is 4. The summed E-state index contributed by atoms with van der Waals surface area (Å²) in [5.41, 5.74) is 1.81. The van der Waals surface area contributed by atoms with E-state index in [1.807, 2.05) is 24.3 Å². The molecule has 2 rings (SSSR count). The zero-order chi connectivity index (χ0) is 16.3. The maximum atomic E-state index is 13.1. The highest BCUT2D eigenvalue weighted by Crippen LogP contribution is 2.28. The summed E-state index contributed by atoms with van der Waals surface area (Å²) in [6.45, 7) is 6.57. The molecule has 2 amide bonds. The molecule has 1 aliphatic heterocycles. The third kappa shape index (κ3) is 3.39. The van der Waals surface area contributed by atoms with Gasteiger partial charge in [-0.05, 0) is 11.1 Å². The summed E-state index contributed by atoms with van der Waals surface area (Å²) in [5, 5.41) is 2.41. The summed E-state index contributed by atoms with van der Waals surface area (Å²) in [5.74, 6) is -4.03. The van der Waals surface area contributed by atoms with E-state index in [1.165, 1.54) is 4.90 Å². The molecule has 0 radical (unpaired) electrons. The summed E-state index contributed by atoms with van der Waals surface area (Å²) < 4.78 is 25.8. The van der Waals surface area contributed by atoms with E-state index < -0.39 is 23.5 Å². The number of nitrogens with one attached hydrogen (secondary N) is 1. The van der Waals surface area contributed by atoms with Crippen molar-refractivity contribution in [2.45, 2.75) is 12.5 Å². The standard InChI is InChI=1S/C16H16F2N2O2/c1-10(17)15(21)19-7-13-9-20(16(22)11(2)18)8-12-5-3-4-6-14(12)13/h3-6,13H,1-2,7-9H2,(H,19,21). The second-order valence-electron chi connectivity index (χ2n) is 5.10. The first-order chi connectivity index (χ1) is 10.4. The topological polar surface area (TPSA) is 49.4 Å². The Labute approximate surface area is 127 Å². The van der Waals surface area contributed by atoms with E-state index in [9.17, 15) is 18.4 Å². The smallest absolute Gasteiger partial charge is 0.282 e. The van der Waals surface area contributed by atoms with Crippen LogP contribution in [0, 0.1) is 0 Å². The highest BCUT2D eigenvalue weighted by molar-refractivity contribution is 5.91. The molecule has 116 valence electrons. The van der Waals surface area contributed by atoms with Crippen LogP contribution in [0.5, 0.6) is 0 Å². The molecule has 1 heterocycles. The van der Waals surface area contributed by atoms with Crippen molar-refractivity contribution in [1.82, 2.24) is 10.2 Å².